The molecular formula is C28H36N6O2. The summed E-state index contributed by atoms with van der Waals surface area (Å²) in [4.78, 5) is 34.2. The highest BCUT2D eigenvalue weighted by molar-refractivity contribution is 5.93. The molecule has 0 spiro atoms. The van der Waals surface area contributed by atoms with Crippen LogP contribution in [0.25, 0.3) is 0 Å². The van der Waals surface area contributed by atoms with Gasteiger partial charge in [-0.15, -0.1) is 0 Å². The van der Waals surface area contributed by atoms with E-state index < -0.39 is 0 Å². The third-order valence-corrected chi connectivity index (χ3v) is 7.15. The second-order valence-corrected chi connectivity index (χ2v) is 9.75. The Morgan fingerprint density at radius 3 is 2.14 bits per heavy atom. The maximum absolute atomic E-state index is 13.0. The molecule has 2 aliphatic rings. The SMILES string of the molecule is Cc1cccc(C)c1NC(=O)CN1CCN(C(=O)CN2CCCN(c3ccc(C#N)cc3)CC2)CC1. The van der Waals surface area contributed by atoms with Gasteiger partial charge in [0.05, 0.1) is 24.7 Å². The number of rotatable bonds is 6. The van der Waals surface area contributed by atoms with E-state index in [1.54, 1.807) is 0 Å². The van der Waals surface area contributed by atoms with Crippen molar-refractivity contribution in [3.63, 3.8) is 0 Å². The van der Waals surface area contributed by atoms with Gasteiger partial charge in [0.25, 0.3) is 0 Å². The van der Waals surface area contributed by atoms with Crippen LogP contribution in [0.4, 0.5) is 11.4 Å². The van der Waals surface area contributed by atoms with Crippen LogP contribution in [0.15, 0.2) is 42.5 Å². The van der Waals surface area contributed by atoms with Crippen molar-refractivity contribution in [1.82, 2.24) is 14.7 Å². The van der Waals surface area contributed by atoms with Crippen LogP contribution in [0.2, 0.25) is 0 Å². The Hall–Kier alpha value is -3.41. The second-order valence-electron chi connectivity index (χ2n) is 9.75. The Bertz CT molecular complexity index is 1080. The van der Waals surface area contributed by atoms with Crippen LogP contribution in [-0.4, -0.2) is 92.0 Å². The molecule has 1 N–H and O–H groups in total. The lowest BCUT2D eigenvalue weighted by molar-refractivity contribution is -0.134. The molecule has 2 saturated heterocycles. The van der Waals surface area contributed by atoms with Gasteiger partial charge in [-0.05, 0) is 55.7 Å². The summed E-state index contributed by atoms with van der Waals surface area (Å²) in [5.74, 6) is 0.157. The summed E-state index contributed by atoms with van der Waals surface area (Å²) >= 11 is 0. The zero-order valence-electron chi connectivity index (χ0n) is 21.4. The van der Waals surface area contributed by atoms with Crippen molar-refractivity contribution in [3.05, 3.63) is 59.2 Å². The van der Waals surface area contributed by atoms with Crippen molar-refractivity contribution >= 4 is 23.2 Å². The van der Waals surface area contributed by atoms with E-state index in [4.69, 9.17) is 5.26 Å². The van der Waals surface area contributed by atoms with Gasteiger partial charge in [-0.25, -0.2) is 0 Å². The number of amides is 2. The summed E-state index contributed by atoms with van der Waals surface area (Å²) < 4.78 is 0. The summed E-state index contributed by atoms with van der Waals surface area (Å²) in [6.45, 7) is 11.0. The highest BCUT2D eigenvalue weighted by Gasteiger charge is 2.25. The normalized spacial score (nSPS) is 17.4. The van der Waals surface area contributed by atoms with Crippen molar-refractivity contribution in [3.8, 4) is 6.07 Å². The van der Waals surface area contributed by atoms with E-state index in [1.807, 2.05) is 61.2 Å². The fourth-order valence-electron chi connectivity index (χ4n) is 4.97. The van der Waals surface area contributed by atoms with E-state index in [0.29, 0.717) is 44.8 Å². The fourth-order valence-corrected chi connectivity index (χ4v) is 4.97. The van der Waals surface area contributed by atoms with Crippen LogP contribution < -0.4 is 10.2 Å². The summed E-state index contributed by atoms with van der Waals surface area (Å²) in [5, 5.41) is 12.1. The Kier molecular flexibility index (Phi) is 8.57. The molecule has 0 aliphatic carbocycles. The maximum atomic E-state index is 13.0. The van der Waals surface area contributed by atoms with E-state index in [0.717, 1.165) is 55.1 Å². The first kappa shape index (κ1) is 25.7. The lowest BCUT2D eigenvalue weighted by atomic mass is 10.1. The quantitative estimate of drug-likeness (QED) is 0.673. The molecule has 190 valence electrons. The topological polar surface area (TPSA) is 82.9 Å². The van der Waals surface area contributed by atoms with Crippen molar-refractivity contribution in [2.24, 2.45) is 0 Å². The average Bonchev–Trinajstić information content (AvgIpc) is 3.12. The molecule has 4 rings (SSSR count). The van der Waals surface area contributed by atoms with Gasteiger partial charge in [0, 0.05) is 63.7 Å². The summed E-state index contributed by atoms with van der Waals surface area (Å²) in [7, 11) is 0. The van der Waals surface area contributed by atoms with Gasteiger partial charge in [-0.1, -0.05) is 18.2 Å². The number of anilines is 2. The van der Waals surface area contributed by atoms with E-state index in [-0.39, 0.29) is 11.8 Å². The minimum absolute atomic E-state index is 0.0106. The molecule has 0 atom stereocenters. The number of piperazine rings is 1. The molecule has 2 aromatic carbocycles. The predicted molar refractivity (Wildman–Crippen MR) is 142 cm³/mol. The number of nitriles is 1. The molecule has 0 radical (unpaired) electrons. The number of para-hydroxylation sites is 1. The van der Waals surface area contributed by atoms with Crippen LogP contribution in [0.3, 0.4) is 0 Å². The van der Waals surface area contributed by atoms with E-state index in [9.17, 15) is 9.59 Å². The number of carbonyl (C=O) groups is 2. The largest absolute Gasteiger partial charge is 0.370 e. The van der Waals surface area contributed by atoms with E-state index >= 15 is 0 Å². The molecule has 8 nitrogen and oxygen atoms in total. The Morgan fingerprint density at radius 1 is 0.833 bits per heavy atom. The first-order chi connectivity index (χ1) is 17.4. The summed E-state index contributed by atoms with van der Waals surface area (Å²) in [5.41, 5.74) is 4.81. The van der Waals surface area contributed by atoms with Crippen molar-refractivity contribution in [2.45, 2.75) is 20.3 Å². The van der Waals surface area contributed by atoms with Crippen molar-refractivity contribution in [2.75, 3.05) is 75.7 Å². The zero-order valence-corrected chi connectivity index (χ0v) is 21.4. The molecule has 0 aromatic heterocycles. The van der Waals surface area contributed by atoms with E-state index in [2.05, 4.69) is 26.1 Å². The average molecular weight is 489 g/mol. The predicted octanol–water partition coefficient (Wildman–Crippen LogP) is 2.47. The lowest BCUT2D eigenvalue weighted by Gasteiger charge is -2.35. The number of hydrogen-bond donors (Lipinski definition) is 1. The smallest absolute Gasteiger partial charge is 0.238 e. The first-order valence-electron chi connectivity index (χ1n) is 12.8. The first-order valence-corrected chi connectivity index (χ1v) is 12.8. The number of nitrogens with one attached hydrogen (secondary N) is 1. The fraction of sp³-hybridized carbons (Fsp3) is 0.464. The molecule has 2 aliphatic heterocycles. The zero-order chi connectivity index (χ0) is 25.5. The number of carbonyl (C=O) groups excluding carboxylic acids is 2. The second kappa shape index (κ2) is 12.0. The number of hydrogen-bond acceptors (Lipinski definition) is 6. The van der Waals surface area contributed by atoms with Gasteiger partial charge in [0.15, 0.2) is 0 Å². The number of aryl methyl sites for hydroxylation is 2. The molecule has 0 bridgehead atoms. The molecule has 0 saturated carbocycles. The summed E-state index contributed by atoms with van der Waals surface area (Å²) in [6, 6.07) is 15.9. The molecule has 36 heavy (non-hydrogen) atoms. The minimum atomic E-state index is -0.0106. The van der Waals surface area contributed by atoms with Gasteiger partial charge >= 0.3 is 0 Å². The Balaban J connectivity index is 1.20. The standard InChI is InChI=1S/C28H36N6O2/c1-22-5-3-6-23(2)28(22)30-26(35)20-32-14-17-34(18-15-32)27(36)21-31-11-4-12-33(16-13-31)25-9-7-24(19-29)8-10-25/h3,5-10H,4,11-18,20-21H2,1-2H3,(H,30,35). The van der Waals surface area contributed by atoms with Crippen LogP contribution in [0.1, 0.15) is 23.1 Å². The maximum Gasteiger partial charge on any atom is 0.238 e. The van der Waals surface area contributed by atoms with Gasteiger partial charge in [0.2, 0.25) is 11.8 Å². The van der Waals surface area contributed by atoms with E-state index in [1.165, 1.54) is 0 Å². The van der Waals surface area contributed by atoms with Gasteiger partial charge in [0.1, 0.15) is 0 Å². The lowest BCUT2D eigenvalue weighted by Crippen LogP contribution is -2.52. The third kappa shape index (κ3) is 6.62. The van der Waals surface area contributed by atoms with Crippen LogP contribution in [0.5, 0.6) is 0 Å². The van der Waals surface area contributed by atoms with Gasteiger partial charge in [-0.2, -0.15) is 5.26 Å². The van der Waals surface area contributed by atoms with Crippen LogP contribution in [0, 0.1) is 25.2 Å². The molecular weight excluding hydrogens is 452 g/mol. The van der Waals surface area contributed by atoms with Crippen molar-refractivity contribution in [1.29, 1.82) is 5.26 Å². The molecule has 8 heteroatoms. The molecule has 0 unspecified atom stereocenters. The highest BCUT2D eigenvalue weighted by atomic mass is 16.2. The minimum Gasteiger partial charge on any atom is -0.370 e. The monoisotopic (exact) mass is 488 g/mol. The molecule has 2 amide bonds. The van der Waals surface area contributed by atoms with Crippen LogP contribution in [-0.2, 0) is 9.59 Å². The third-order valence-electron chi connectivity index (χ3n) is 7.15. The Labute approximate surface area is 214 Å². The summed E-state index contributed by atoms with van der Waals surface area (Å²) in [6.07, 6.45) is 0.997. The molecule has 2 heterocycles. The number of nitrogens with zero attached hydrogens (tertiary/aromatic N) is 5. The van der Waals surface area contributed by atoms with Crippen LogP contribution >= 0.6 is 0 Å². The molecule has 2 aromatic rings. The Morgan fingerprint density at radius 2 is 1.47 bits per heavy atom. The van der Waals surface area contributed by atoms with Gasteiger partial charge in [-0.3, -0.25) is 19.4 Å². The molecule has 2 fully saturated rings. The van der Waals surface area contributed by atoms with Crippen molar-refractivity contribution < 1.29 is 9.59 Å². The number of benzene rings is 2. The van der Waals surface area contributed by atoms with Gasteiger partial charge < -0.3 is 15.1 Å². The highest BCUT2D eigenvalue weighted by Crippen LogP contribution is 2.20.